The molecule has 720 valence electrons. The van der Waals surface area contributed by atoms with E-state index in [-0.39, 0.29) is 40.7 Å². The van der Waals surface area contributed by atoms with Crippen LogP contribution >= 0.6 is 45.3 Å². The second-order valence-electron chi connectivity index (χ2n) is 33.3. The number of aromatic nitrogens is 10. The average Bonchev–Trinajstić information content (AvgIpc) is 1.63. The summed E-state index contributed by atoms with van der Waals surface area (Å²) in [5.74, 6) is 7.11. The molecule has 21 rings (SSSR count). The first-order valence-corrected chi connectivity index (χ1v) is 49.3. The van der Waals surface area contributed by atoms with Gasteiger partial charge in [-0.1, -0.05) is 55.5 Å². The normalized spacial score (nSPS) is 14.1. The zero-order valence-corrected chi connectivity index (χ0v) is 81.0. The van der Waals surface area contributed by atoms with Gasteiger partial charge in [-0.25, -0.2) is 24.6 Å². The molecule has 4 saturated heterocycles. The predicted octanol–water partition coefficient (Wildman–Crippen LogP) is 15.0. The van der Waals surface area contributed by atoms with Crippen LogP contribution in [0.3, 0.4) is 0 Å². The van der Waals surface area contributed by atoms with Crippen molar-refractivity contribution in [1.29, 1.82) is 0 Å². The molecule has 0 radical (unpaired) electrons. The third-order valence-corrected chi connectivity index (χ3v) is 27.3. The Hall–Kier alpha value is -14.7. The number of ether oxygens (including phenoxy) is 4. The first-order chi connectivity index (χ1) is 68.4. The number of quaternary nitrogens is 1. The fourth-order valence-electron chi connectivity index (χ4n) is 16.1. The summed E-state index contributed by atoms with van der Waals surface area (Å²) in [7, 11) is 5.69. The van der Waals surface area contributed by atoms with Crippen molar-refractivity contribution >= 4 is 180 Å². The number of benzene rings is 4. The van der Waals surface area contributed by atoms with E-state index >= 15 is 0 Å². The molecule has 1 atom stereocenters. The first kappa shape index (κ1) is 95.6. The number of Topliss-reactive ketones (excluding diaryl/α,β-unsaturated/α-hetero) is 1. The fraction of sp³-hybridized carbons (Fsp3) is 0.280. The number of aliphatic hydroxyl groups excluding tert-OH is 1. The topological polar surface area (TPSA) is 409 Å². The van der Waals surface area contributed by atoms with Crippen LogP contribution in [0.2, 0.25) is 0 Å². The number of carbonyl (C=O) groups is 1. The molecule has 0 spiro atoms. The van der Waals surface area contributed by atoms with Crippen LogP contribution in [0.4, 0.5) is 87.5 Å². The lowest BCUT2D eigenvalue weighted by Crippen LogP contribution is -3.11. The number of hydrogen-bond acceptors (Lipinski definition) is 38. The summed E-state index contributed by atoms with van der Waals surface area (Å²) in [5, 5.41) is 40.8. The first-order valence-electron chi connectivity index (χ1n) is 45.8. The molecule has 17 heterocycles. The van der Waals surface area contributed by atoms with Crippen LogP contribution in [-0.4, -0.2) is 213 Å². The van der Waals surface area contributed by atoms with Gasteiger partial charge in [-0.3, -0.25) is 24.0 Å². The summed E-state index contributed by atoms with van der Waals surface area (Å²) in [4.78, 5) is 109. The van der Waals surface area contributed by atoms with E-state index in [0.29, 0.717) is 212 Å². The zero-order valence-electron chi connectivity index (χ0n) is 77.7. The van der Waals surface area contributed by atoms with Gasteiger partial charge in [0, 0.05) is 207 Å². The van der Waals surface area contributed by atoms with Crippen LogP contribution in [0.25, 0.3) is 91.5 Å². The van der Waals surface area contributed by atoms with Crippen LogP contribution in [0.15, 0.2) is 235 Å². The minimum atomic E-state index is -0.0345. The minimum Gasteiger partial charge on any atom is -0.439 e. The Balaban J connectivity index is 0.000000125. The number of morpholine rings is 4. The molecule has 1 unspecified atom stereocenters. The number of fused-ring (bicyclic) bond motifs is 4. The lowest BCUT2D eigenvalue weighted by molar-refractivity contribution is -0.914. The second kappa shape index (κ2) is 44.8. The smallest absolute Gasteiger partial charge is 0.229 e. The van der Waals surface area contributed by atoms with E-state index in [9.17, 15) is 29.1 Å². The van der Waals surface area contributed by atoms with Gasteiger partial charge in [0.2, 0.25) is 45.5 Å². The summed E-state index contributed by atoms with van der Waals surface area (Å²) in [6.45, 7) is 19.2. The summed E-state index contributed by atoms with van der Waals surface area (Å²) in [6, 6.07) is 45.0. The Morgan fingerprint density at radius 2 is 0.779 bits per heavy atom. The second-order valence-corrected chi connectivity index (χ2v) is 36.8. The van der Waals surface area contributed by atoms with Crippen molar-refractivity contribution in [3.63, 3.8) is 0 Å². The highest BCUT2D eigenvalue weighted by Crippen LogP contribution is 2.41. The molecule has 4 aromatic carbocycles. The molecule has 36 nitrogen and oxygen atoms in total. The molecule has 140 heavy (non-hydrogen) atoms. The van der Waals surface area contributed by atoms with E-state index in [1.54, 1.807) is 65.9 Å². The third kappa shape index (κ3) is 23.1. The Labute approximate surface area is 818 Å². The van der Waals surface area contributed by atoms with Crippen molar-refractivity contribution < 1.29 is 51.4 Å². The van der Waals surface area contributed by atoms with Gasteiger partial charge in [-0.05, 0) is 109 Å². The zero-order chi connectivity index (χ0) is 96.5. The van der Waals surface area contributed by atoms with Gasteiger partial charge in [0.15, 0.2) is 51.7 Å². The molecule has 8 N–H and O–H groups in total. The Morgan fingerprint density at radius 3 is 1.12 bits per heavy atom. The highest BCUT2D eigenvalue weighted by Gasteiger charge is 2.26. The standard InChI is InChI=1S/C31H35N7O4S.C24H23N5O4S.C23H23N5O3S.C22H21N5O3S/c1-3-10-36(11-14-39)18-23-19-38(35-21(23)2)27-8-9-32-31(34-27)33-24-6-4-22(5-7-24)25-20-43-30-26(40)17-28(42-29(25)30)37-12-15-41-16-13-37;1-15(30)13-26-20-6-7-25-24(28-20)27-17-4-2-16(3-5-17)18-14-34-23-19(31)12-21(33-22(18)23)29-8-10-32-11-9-29;1-27(2)19-7-8-24-23(26-19)25-16-5-3-15(4-6-16)17-14-32-22-18(29)13-20(31-21(17)22)28-9-11-30-12-10-28;1-23-18-6-7-24-22(26-18)25-15-4-2-14(3-5-15)16-13-31-21-17(28)12-19(30-20(16)21)27-8-10-29-11-9-27/h4-9,17,19-20,39H,3,10-16,18H2,1-2H3,(H,32,33,34);2-7,12,14H,8-11,13H2,1H3,(H2,25,26,27,28);3-8,13-14H,9-12H2,1-2H3,(H,24,25,26);2-7,12-13H,8-11H2,1H3,(H2,23,24,25,26)/p+1. The quantitative estimate of drug-likeness (QED) is 0.0226. The van der Waals surface area contributed by atoms with Crippen molar-refractivity contribution in [3.8, 4) is 50.3 Å². The van der Waals surface area contributed by atoms with E-state index in [2.05, 4.69) is 88.4 Å². The molecule has 0 aliphatic carbocycles. The number of ketones is 1. The minimum absolute atomic E-state index is 0.0137. The molecule has 4 aliphatic rings. The number of aliphatic hydroxyl groups is 1. The largest absolute Gasteiger partial charge is 0.439 e. The van der Waals surface area contributed by atoms with Crippen LogP contribution in [0, 0.1) is 6.92 Å². The van der Waals surface area contributed by atoms with Gasteiger partial charge >= 0.3 is 0 Å². The van der Waals surface area contributed by atoms with Gasteiger partial charge in [-0.2, -0.15) is 25.0 Å². The lowest BCUT2D eigenvalue weighted by Gasteiger charge is -2.27. The predicted molar refractivity (Wildman–Crippen MR) is 553 cm³/mol. The highest BCUT2D eigenvalue weighted by molar-refractivity contribution is 7.18. The number of nitrogens with one attached hydrogen (secondary N) is 7. The van der Waals surface area contributed by atoms with Crippen molar-refractivity contribution in [2.24, 2.45) is 0 Å². The van der Waals surface area contributed by atoms with Gasteiger partial charge in [0.25, 0.3) is 0 Å². The van der Waals surface area contributed by atoms with Crippen molar-refractivity contribution in [1.82, 2.24) is 49.7 Å². The van der Waals surface area contributed by atoms with E-state index in [1.807, 2.05) is 175 Å². The third-order valence-electron chi connectivity index (χ3n) is 23.4. The molecule has 0 bridgehead atoms. The number of hydrogen-bond donors (Lipinski definition) is 8. The molecular formula is C100H103N22O14S4+. The number of rotatable bonds is 28. The van der Waals surface area contributed by atoms with E-state index < -0.39 is 0 Å². The van der Waals surface area contributed by atoms with E-state index in [4.69, 9.17) is 46.7 Å². The summed E-state index contributed by atoms with van der Waals surface area (Å²) < 4.78 is 50.8. The average molecular weight is 1970 g/mol. The Kier molecular flexibility index (Phi) is 30.6. The number of aryl methyl sites for hydroxylation is 1. The Bertz CT molecular complexity index is 7410. The molecular weight excluding hydrogens is 1860 g/mol. The number of nitrogens with zero attached hydrogens (tertiary/aromatic N) is 15. The maximum atomic E-state index is 12.8. The molecule has 0 saturated carbocycles. The summed E-state index contributed by atoms with van der Waals surface area (Å²) >= 11 is 5.61. The lowest BCUT2D eigenvalue weighted by atomic mass is 10.1. The van der Waals surface area contributed by atoms with Crippen LogP contribution < -0.4 is 83.0 Å². The van der Waals surface area contributed by atoms with Gasteiger partial charge in [0.1, 0.15) is 55.1 Å². The maximum Gasteiger partial charge on any atom is 0.229 e. The van der Waals surface area contributed by atoms with Crippen LogP contribution in [0.5, 0.6) is 0 Å². The number of thiophene rings is 4. The van der Waals surface area contributed by atoms with Crippen LogP contribution in [0.1, 0.15) is 31.5 Å². The molecule has 4 fully saturated rings. The molecule has 17 aromatic rings. The van der Waals surface area contributed by atoms with Gasteiger partial charge < -0.3 is 103 Å². The van der Waals surface area contributed by atoms with E-state index in [0.717, 1.165) is 110 Å². The van der Waals surface area contributed by atoms with E-state index in [1.165, 1.54) is 57.2 Å². The van der Waals surface area contributed by atoms with Gasteiger partial charge in [0.05, 0.1) is 78.2 Å². The number of anilines is 15. The molecule has 40 heteroatoms. The molecule has 0 amide bonds. The molecule has 13 aromatic heterocycles. The highest BCUT2D eigenvalue weighted by atomic mass is 32.1. The van der Waals surface area contributed by atoms with Crippen molar-refractivity contribution in [3.05, 3.63) is 250 Å². The number of carbonyl (C=O) groups excluding carboxylic acids is 1. The summed E-state index contributed by atoms with van der Waals surface area (Å²) in [6.07, 6.45) is 9.82. The molecule has 4 aliphatic heterocycles. The Morgan fingerprint density at radius 1 is 0.443 bits per heavy atom. The summed E-state index contributed by atoms with van der Waals surface area (Å²) in [5.41, 5.74) is 15.3. The fourth-order valence-corrected chi connectivity index (χ4v) is 19.7. The van der Waals surface area contributed by atoms with Crippen LogP contribution in [-0.2, 0) is 30.3 Å². The monoisotopic (exact) mass is 1960 g/mol. The SMILES string of the molecule is CC(=O)CNc1ccnc(Nc2ccc(-c3csc4c(=O)cc(N5CCOCC5)oc34)cc2)n1.CCC[NH+](CCO)Cc1cn(-c2ccnc(Nc3ccc(-c4csc5c(=O)cc(N6CCOCC6)oc45)cc3)n2)nc1C.CN(C)c1ccnc(Nc2ccc(-c3csc4c(=O)cc(N5CCOCC5)oc34)cc2)n1.CNc1ccnc(Nc2ccc(-c3csc4c(=O)cc(N5CCOCC5)oc34)cc2)n1. The maximum absolute atomic E-state index is 12.8. The van der Waals surface area contributed by atoms with Crippen molar-refractivity contribution in [2.75, 3.05) is 209 Å². The van der Waals surface area contributed by atoms with Crippen molar-refractivity contribution in [2.45, 2.75) is 33.7 Å². The van der Waals surface area contributed by atoms with Gasteiger partial charge in [-0.15, -0.1) is 45.3 Å².